The number of hydrogen-bond acceptors (Lipinski definition) is 3. The Bertz CT molecular complexity index is 662. The number of aryl methyl sites for hydroxylation is 1. The fraction of sp³-hybridized carbons (Fsp3) is 0.188. The molecule has 0 aliphatic heterocycles. The summed E-state index contributed by atoms with van der Waals surface area (Å²) >= 11 is 0. The lowest BCUT2D eigenvalue weighted by molar-refractivity contribution is 0.370. The molecule has 0 aliphatic carbocycles. The van der Waals surface area contributed by atoms with Crippen molar-refractivity contribution < 1.29 is 13.9 Å². The van der Waals surface area contributed by atoms with Crippen molar-refractivity contribution in [3.63, 3.8) is 0 Å². The van der Waals surface area contributed by atoms with Crippen LogP contribution < -0.4 is 9.47 Å². The Kier molecular flexibility index (Phi) is 4.21. The molecule has 0 aromatic heterocycles. The molecule has 0 N–H and O–H groups in total. The van der Waals surface area contributed by atoms with Crippen LogP contribution in [0.25, 0.3) is 0 Å². The van der Waals surface area contributed by atoms with Crippen molar-refractivity contribution in [3.05, 3.63) is 53.3 Å². The molecule has 0 amide bonds. The highest BCUT2D eigenvalue weighted by Gasteiger charge is 2.10. The van der Waals surface area contributed by atoms with Crippen LogP contribution in [-0.2, 0) is 6.42 Å². The van der Waals surface area contributed by atoms with Crippen LogP contribution in [-0.4, -0.2) is 7.11 Å². The zero-order valence-corrected chi connectivity index (χ0v) is 11.3. The third-order valence-electron chi connectivity index (χ3n) is 2.92. The lowest BCUT2D eigenvalue weighted by Gasteiger charge is -2.12. The summed E-state index contributed by atoms with van der Waals surface area (Å²) in [5.74, 6) is 0.471. The van der Waals surface area contributed by atoms with Gasteiger partial charge in [-0.05, 0) is 42.3 Å². The van der Waals surface area contributed by atoms with Gasteiger partial charge in [0, 0.05) is 0 Å². The van der Waals surface area contributed by atoms with E-state index in [1.807, 2.05) is 25.1 Å². The van der Waals surface area contributed by atoms with Crippen LogP contribution in [0.5, 0.6) is 17.2 Å². The van der Waals surface area contributed by atoms with Gasteiger partial charge in [-0.1, -0.05) is 13.0 Å². The van der Waals surface area contributed by atoms with E-state index in [9.17, 15) is 4.39 Å². The van der Waals surface area contributed by atoms with Crippen molar-refractivity contribution in [2.24, 2.45) is 0 Å². The van der Waals surface area contributed by atoms with Crippen molar-refractivity contribution >= 4 is 0 Å². The van der Waals surface area contributed by atoms with Crippen LogP contribution in [0.4, 0.5) is 4.39 Å². The summed E-state index contributed by atoms with van der Waals surface area (Å²) in [7, 11) is 1.54. The molecule has 0 atom stereocenters. The van der Waals surface area contributed by atoms with Crippen LogP contribution in [0, 0.1) is 17.1 Å². The monoisotopic (exact) mass is 271 g/mol. The number of hydrogen-bond donors (Lipinski definition) is 0. The molecule has 0 spiro atoms. The highest BCUT2D eigenvalue weighted by molar-refractivity contribution is 5.46. The second-order valence-electron chi connectivity index (χ2n) is 4.20. The van der Waals surface area contributed by atoms with E-state index < -0.39 is 5.82 Å². The normalized spacial score (nSPS) is 9.90. The van der Waals surface area contributed by atoms with E-state index in [1.54, 1.807) is 6.07 Å². The van der Waals surface area contributed by atoms with Gasteiger partial charge in [0.1, 0.15) is 0 Å². The van der Waals surface area contributed by atoms with Gasteiger partial charge in [0.25, 0.3) is 0 Å². The standard InChI is InChI=1S/C16H14FNO2/c1-3-11-4-7-15(16(9-11)19-2)20-14-6-5-12(10-18)8-13(14)17/h4-9H,3H2,1-2H3. The summed E-state index contributed by atoms with van der Waals surface area (Å²) in [4.78, 5) is 0. The summed E-state index contributed by atoms with van der Waals surface area (Å²) < 4.78 is 24.6. The van der Waals surface area contributed by atoms with Crippen molar-refractivity contribution in [1.29, 1.82) is 5.26 Å². The van der Waals surface area contributed by atoms with Gasteiger partial charge in [-0.2, -0.15) is 5.26 Å². The molecular formula is C16H14FNO2. The molecule has 0 bridgehead atoms. The van der Waals surface area contributed by atoms with Crippen LogP contribution in [0.3, 0.4) is 0 Å². The molecule has 102 valence electrons. The van der Waals surface area contributed by atoms with Crippen molar-refractivity contribution in [3.8, 4) is 23.3 Å². The van der Waals surface area contributed by atoms with Gasteiger partial charge in [-0.25, -0.2) is 4.39 Å². The third kappa shape index (κ3) is 2.89. The van der Waals surface area contributed by atoms with E-state index in [-0.39, 0.29) is 11.3 Å². The van der Waals surface area contributed by atoms with Crippen LogP contribution >= 0.6 is 0 Å². The molecule has 2 aromatic rings. The Morgan fingerprint density at radius 3 is 2.45 bits per heavy atom. The number of nitriles is 1. The van der Waals surface area contributed by atoms with E-state index in [2.05, 4.69) is 0 Å². The van der Waals surface area contributed by atoms with Crippen molar-refractivity contribution in [2.75, 3.05) is 7.11 Å². The first kappa shape index (κ1) is 13.9. The number of rotatable bonds is 4. The predicted molar refractivity (Wildman–Crippen MR) is 73.6 cm³/mol. The number of methoxy groups -OCH3 is 1. The molecule has 0 unspecified atom stereocenters. The molecule has 0 radical (unpaired) electrons. The van der Waals surface area contributed by atoms with Gasteiger partial charge in [0.2, 0.25) is 0 Å². The fourth-order valence-corrected chi connectivity index (χ4v) is 1.79. The van der Waals surface area contributed by atoms with Crippen molar-refractivity contribution in [2.45, 2.75) is 13.3 Å². The van der Waals surface area contributed by atoms with E-state index >= 15 is 0 Å². The lowest BCUT2D eigenvalue weighted by atomic mass is 10.1. The number of nitrogens with zero attached hydrogens (tertiary/aromatic N) is 1. The van der Waals surface area contributed by atoms with Gasteiger partial charge in [-0.15, -0.1) is 0 Å². The maximum absolute atomic E-state index is 13.8. The first-order valence-corrected chi connectivity index (χ1v) is 6.22. The topological polar surface area (TPSA) is 42.2 Å². The Morgan fingerprint density at radius 2 is 1.85 bits per heavy atom. The molecule has 0 heterocycles. The molecule has 20 heavy (non-hydrogen) atoms. The smallest absolute Gasteiger partial charge is 0.169 e. The largest absolute Gasteiger partial charge is 0.493 e. The van der Waals surface area contributed by atoms with Gasteiger partial charge >= 0.3 is 0 Å². The highest BCUT2D eigenvalue weighted by Crippen LogP contribution is 2.33. The lowest BCUT2D eigenvalue weighted by Crippen LogP contribution is -1.94. The zero-order chi connectivity index (χ0) is 14.5. The Labute approximate surface area is 117 Å². The fourth-order valence-electron chi connectivity index (χ4n) is 1.79. The van der Waals surface area contributed by atoms with E-state index in [0.717, 1.165) is 18.1 Å². The summed E-state index contributed by atoms with van der Waals surface area (Å²) in [6.45, 7) is 2.04. The maximum Gasteiger partial charge on any atom is 0.169 e. The maximum atomic E-state index is 13.8. The Hall–Kier alpha value is -2.54. The number of benzene rings is 2. The summed E-state index contributed by atoms with van der Waals surface area (Å²) in [5, 5.41) is 8.71. The molecule has 3 nitrogen and oxygen atoms in total. The van der Waals surface area contributed by atoms with Gasteiger partial charge < -0.3 is 9.47 Å². The number of ether oxygens (including phenoxy) is 2. The molecular weight excluding hydrogens is 257 g/mol. The van der Waals surface area contributed by atoms with Gasteiger partial charge in [0.15, 0.2) is 23.1 Å². The molecule has 2 aromatic carbocycles. The van der Waals surface area contributed by atoms with Gasteiger partial charge in [0.05, 0.1) is 18.7 Å². The average molecular weight is 271 g/mol. The third-order valence-corrected chi connectivity index (χ3v) is 2.92. The summed E-state index contributed by atoms with van der Waals surface area (Å²) in [6.07, 6.45) is 0.877. The van der Waals surface area contributed by atoms with E-state index in [1.165, 1.54) is 19.2 Å². The van der Waals surface area contributed by atoms with Crippen LogP contribution in [0.2, 0.25) is 0 Å². The first-order valence-electron chi connectivity index (χ1n) is 6.22. The molecule has 0 saturated carbocycles. The molecule has 0 aliphatic rings. The second-order valence-corrected chi connectivity index (χ2v) is 4.20. The SMILES string of the molecule is CCc1ccc(Oc2ccc(C#N)cc2F)c(OC)c1. The minimum Gasteiger partial charge on any atom is -0.493 e. The van der Waals surface area contributed by atoms with E-state index in [0.29, 0.717) is 11.5 Å². The Balaban J connectivity index is 2.32. The van der Waals surface area contributed by atoms with E-state index in [4.69, 9.17) is 14.7 Å². The zero-order valence-electron chi connectivity index (χ0n) is 11.3. The first-order chi connectivity index (χ1) is 9.67. The minimum atomic E-state index is -0.578. The highest BCUT2D eigenvalue weighted by atomic mass is 19.1. The summed E-state index contributed by atoms with van der Waals surface area (Å²) in [6, 6.07) is 11.5. The van der Waals surface area contributed by atoms with Crippen LogP contribution in [0.15, 0.2) is 36.4 Å². The quantitative estimate of drug-likeness (QED) is 0.842. The molecule has 2 rings (SSSR count). The van der Waals surface area contributed by atoms with Crippen LogP contribution in [0.1, 0.15) is 18.1 Å². The number of halogens is 1. The average Bonchev–Trinajstić information content (AvgIpc) is 2.49. The second kappa shape index (κ2) is 6.07. The molecule has 4 heteroatoms. The molecule has 0 saturated heterocycles. The van der Waals surface area contributed by atoms with Crippen molar-refractivity contribution in [1.82, 2.24) is 0 Å². The minimum absolute atomic E-state index is 0.0616. The molecule has 0 fully saturated rings. The predicted octanol–water partition coefficient (Wildman–Crippen LogP) is 4.06. The Morgan fingerprint density at radius 1 is 1.10 bits per heavy atom. The van der Waals surface area contributed by atoms with Gasteiger partial charge in [-0.3, -0.25) is 0 Å². The summed E-state index contributed by atoms with van der Waals surface area (Å²) in [5.41, 5.74) is 1.36.